The summed E-state index contributed by atoms with van der Waals surface area (Å²) < 4.78 is 16.3. The van der Waals surface area contributed by atoms with Crippen LogP contribution >= 0.6 is 11.6 Å². The van der Waals surface area contributed by atoms with Crippen molar-refractivity contribution in [3.8, 4) is 22.6 Å². The number of carbonyl (C=O) groups excluding carboxylic acids is 2. The van der Waals surface area contributed by atoms with E-state index in [1.54, 1.807) is 48.5 Å². The summed E-state index contributed by atoms with van der Waals surface area (Å²) in [5.74, 6) is 0.481. The Kier molecular flexibility index (Phi) is 11.3. The summed E-state index contributed by atoms with van der Waals surface area (Å²) in [7, 11) is 3.09. The zero-order valence-electron chi connectivity index (χ0n) is 27.9. The fourth-order valence-corrected chi connectivity index (χ4v) is 6.33. The topological polar surface area (TPSA) is 155 Å². The minimum absolute atomic E-state index is 0.210. The molecule has 50 heavy (non-hydrogen) atoms. The van der Waals surface area contributed by atoms with Crippen LogP contribution in [0.4, 0.5) is 11.4 Å². The maximum atomic E-state index is 13.8. The molecule has 0 bridgehead atoms. The highest BCUT2D eigenvalue weighted by Gasteiger charge is 2.30. The number of amides is 2. The summed E-state index contributed by atoms with van der Waals surface area (Å²) in [4.78, 5) is 33.4. The van der Waals surface area contributed by atoms with Gasteiger partial charge in [0.05, 0.1) is 63.4 Å². The molecule has 262 valence electrons. The molecule has 5 N–H and O–H groups in total. The van der Waals surface area contributed by atoms with Crippen LogP contribution in [0.3, 0.4) is 0 Å². The van der Waals surface area contributed by atoms with Gasteiger partial charge in [0.25, 0.3) is 11.8 Å². The van der Waals surface area contributed by atoms with E-state index in [1.807, 2.05) is 30.3 Å². The smallest absolute Gasteiger partial charge is 0.277 e. The Morgan fingerprint density at radius 2 is 1.72 bits per heavy atom. The average Bonchev–Trinajstić information content (AvgIpc) is 3.56. The third-order valence-corrected chi connectivity index (χ3v) is 9.39. The normalized spacial score (nSPS) is 14.0. The zero-order valence-corrected chi connectivity index (χ0v) is 28.6. The number of anilines is 2. The van der Waals surface area contributed by atoms with Gasteiger partial charge in [0.15, 0.2) is 0 Å². The van der Waals surface area contributed by atoms with Gasteiger partial charge in [0.1, 0.15) is 17.2 Å². The van der Waals surface area contributed by atoms with Crippen LogP contribution in [0, 0.1) is 0 Å². The molecule has 1 aromatic heterocycles. The molecular formula is C37H40ClN5O7. The molecule has 1 fully saturated rings. The minimum Gasteiger partial charge on any atom is -0.496 e. The van der Waals surface area contributed by atoms with E-state index in [4.69, 9.17) is 25.8 Å². The molecule has 0 aliphatic carbocycles. The first-order chi connectivity index (χ1) is 24.3. The molecule has 2 aliphatic rings. The number of nitrogens with zero attached hydrogens (tertiary/aromatic N) is 2. The highest BCUT2D eigenvalue weighted by Crippen LogP contribution is 2.41. The van der Waals surface area contributed by atoms with Crippen LogP contribution in [0.15, 0.2) is 66.9 Å². The summed E-state index contributed by atoms with van der Waals surface area (Å²) in [5.41, 5.74) is 6.07. The Bertz CT molecular complexity index is 1860. The van der Waals surface area contributed by atoms with E-state index in [0.717, 1.165) is 33.5 Å². The predicted molar refractivity (Wildman–Crippen MR) is 190 cm³/mol. The number of halogens is 1. The minimum atomic E-state index is -0.467. The average molecular weight is 702 g/mol. The number of benzene rings is 3. The van der Waals surface area contributed by atoms with Gasteiger partial charge >= 0.3 is 0 Å². The number of hydrogen-bond donors (Lipinski definition) is 5. The fourth-order valence-electron chi connectivity index (χ4n) is 6.05. The fraction of sp³-hybridized carbons (Fsp3) is 0.324. The molecule has 0 saturated carbocycles. The van der Waals surface area contributed by atoms with Crippen LogP contribution in [0.2, 0.25) is 5.02 Å². The van der Waals surface area contributed by atoms with E-state index in [1.165, 1.54) is 7.11 Å². The molecule has 3 heterocycles. The number of fused-ring (bicyclic) bond motifs is 1. The second-order valence-corrected chi connectivity index (χ2v) is 12.5. The molecule has 6 rings (SSSR count). The van der Waals surface area contributed by atoms with Crippen molar-refractivity contribution in [2.24, 2.45) is 0 Å². The second-order valence-electron chi connectivity index (χ2n) is 12.1. The highest BCUT2D eigenvalue weighted by atomic mass is 35.5. The van der Waals surface area contributed by atoms with E-state index in [9.17, 15) is 19.8 Å². The van der Waals surface area contributed by atoms with Crippen LogP contribution in [-0.4, -0.2) is 86.3 Å². The lowest BCUT2D eigenvalue weighted by Crippen LogP contribution is -2.45. The van der Waals surface area contributed by atoms with Gasteiger partial charge in [-0.05, 0) is 41.8 Å². The molecule has 0 radical (unpaired) electrons. The van der Waals surface area contributed by atoms with Crippen LogP contribution < -0.4 is 30.3 Å². The van der Waals surface area contributed by atoms with E-state index in [-0.39, 0.29) is 25.0 Å². The first kappa shape index (κ1) is 35.3. The SMILES string of the molecule is COc1cc(C(=O)Nc2cccc(-c3cccc4c3CCN4C(=O)c3cc(OC)c(CNC4COC4)cn3)c2Cl)ccc1CNC(CO)CO. The van der Waals surface area contributed by atoms with Gasteiger partial charge in [0.2, 0.25) is 0 Å². The van der Waals surface area contributed by atoms with Crippen molar-refractivity contribution in [1.29, 1.82) is 0 Å². The van der Waals surface area contributed by atoms with E-state index in [0.29, 0.717) is 78.8 Å². The summed E-state index contributed by atoms with van der Waals surface area (Å²) >= 11 is 6.95. The molecule has 4 aromatic rings. The Morgan fingerprint density at radius 3 is 2.44 bits per heavy atom. The zero-order chi connectivity index (χ0) is 35.2. The van der Waals surface area contributed by atoms with Crippen molar-refractivity contribution in [2.45, 2.75) is 31.6 Å². The van der Waals surface area contributed by atoms with Gasteiger partial charge < -0.3 is 45.3 Å². The quantitative estimate of drug-likeness (QED) is 0.131. The van der Waals surface area contributed by atoms with Crippen molar-refractivity contribution in [3.63, 3.8) is 0 Å². The summed E-state index contributed by atoms with van der Waals surface area (Å²) in [6.45, 7) is 2.31. The lowest BCUT2D eigenvalue weighted by molar-refractivity contribution is -0.00586. The van der Waals surface area contributed by atoms with Gasteiger partial charge in [-0.2, -0.15) is 0 Å². The number of aliphatic hydroxyl groups excluding tert-OH is 2. The first-order valence-electron chi connectivity index (χ1n) is 16.3. The van der Waals surface area contributed by atoms with Crippen molar-refractivity contribution in [3.05, 3.63) is 99.8 Å². The molecule has 12 nitrogen and oxygen atoms in total. The molecule has 0 atom stereocenters. The second kappa shape index (κ2) is 16.0. The van der Waals surface area contributed by atoms with Crippen molar-refractivity contribution in [1.82, 2.24) is 15.6 Å². The molecule has 13 heteroatoms. The number of rotatable bonds is 14. The van der Waals surface area contributed by atoms with Gasteiger partial charge in [-0.3, -0.25) is 14.6 Å². The maximum Gasteiger partial charge on any atom is 0.277 e. The molecular weight excluding hydrogens is 662 g/mol. The van der Waals surface area contributed by atoms with Crippen LogP contribution in [0.5, 0.6) is 11.5 Å². The predicted octanol–water partition coefficient (Wildman–Crippen LogP) is 3.81. The van der Waals surface area contributed by atoms with Crippen LogP contribution in [0.1, 0.15) is 37.5 Å². The number of aliphatic hydroxyl groups is 2. The number of aromatic nitrogens is 1. The Hall–Kier alpha value is -4.56. The standard InChI is InChI=1S/C37H40ClN5O7/c1-48-33-13-22(9-10-23(33)15-39-25(18-44)19-45)36(46)42-30-7-3-6-29(35(30)38)27-5-4-8-32-28(27)11-12-43(32)37(47)31-14-34(49-2)24(17-41-31)16-40-26-20-50-21-26/h3-10,13-14,17,25-26,39-40,44-45H,11-12,15-16,18-21H2,1-2H3,(H,42,46). The maximum absolute atomic E-state index is 13.8. The summed E-state index contributed by atoms with van der Waals surface area (Å²) in [6.07, 6.45) is 2.30. The number of carbonyl (C=O) groups is 2. The number of methoxy groups -OCH3 is 2. The molecule has 1 saturated heterocycles. The van der Waals surface area contributed by atoms with Gasteiger partial charge in [0, 0.05) is 59.8 Å². The van der Waals surface area contributed by atoms with Crippen molar-refractivity contribution >= 4 is 34.8 Å². The number of ether oxygens (including phenoxy) is 3. The number of hydrogen-bond acceptors (Lipinski definition) is 10. The van der Waals surface area contributed by atoms with Crippen LogP contribution in [-0.2, 0) is 24.2 Å². The molecule has 3 aromatic carbocycles. The highest BCUT2D eigenvalue weighted by molar-refractivity contribution is 6.36. The molecule has 2 aliphatic heterocycles. The Morgan fingerprint density at radius 1 is 0.980 bits per heavy atom. The third-order valence-electron chi connectivity index (χ3n) is 8.98. The van der Waals surface area contributed by atoms with E-state index >= 15 is 0 Å². The third kappa shape index (κ3) is 7.46. The Labute approximate surface area is 295 Å². The number of nitrogens with one attached hydrogen (secondary N) is 3. The Balaban J connectivity index is 1.19. The molecule has 2 amide bonds. The van der Waals surface area contributed by atoms with Crippen molar-refractivity contribution in [2.75, 3.05) is 57.4 Å². The largest absolute Gasteiger partial charge is 0.496 e. The van der Waals surface area contributed by atoms with Gasteiger partial charge in [-0.25, -0.2) is 0 Å². The summed E-state index contributed by atoms with van der Waals surface area (Å²) in [5, 5.41) is 28.4. The summed E-state index contributed by atoms with van der Waals surface area (Å²) in [6, 6.07) is 17.8. The first-order valence-corrected chi connectivity index (χ1v) is 16.7. The van der Waals surface area contributed by atoms with E-state index in [2.05, 4.69) is 20.9 Å². The van der Waals surface area contributed by atoms with Crippen molar-refractivity contribution < 1.29 is 34.0 Å². The van der Waals surface area contributed by atoms with E-state index < -0.39 is 6.04 Å². The monoisotopic (exact) mass is 701 g/mol. The molecule has 0 spiro atoms. The van der Waals surface area contributed by atoms with Gasteiger partial charge in [-0.1, -0.05) is 41.9 Å². The van der Waals surface area contributed by atoms with Gasteiger partial charge in [-0.15, -0.1) is 0 Å². The lowest BCUT2D eigenvalue weighted by atomic mass is 9.97. The molecule has 0 unspecified atom stereocenters. The lowest BCUT2D eigenvalue weighted by Gasteiger charge is -2.27. The van der Waals surface area contributed by atoms with Crippen LogP contribution in [0.25, 0.3) is 11.1 Å². The number of pyridine rings is 1.